The molecule has 1 aromatic carbocycles. The molecule has 0 radical (unpaired) electrons. The number of rotatable bonds is 4. The lowest BCUT2D eigenvalue weighted by Gasteiger charge is -2.11. The number of esters is 1. The molecule has 1 aromatic rings. The minimum Gasteiger partial charge on any atom is -0.491 e. The van der Waals surface area contributed by atoms with E-state index in [2.05, 4.69) is 4.74 Å². The van der Waals surface area contributed by atoms with Crippen LogP contribution >= 0.6 is 11.6 Å². The van der Waals surface area contributed by atoms with E-state index in [0.717, 1.165) is 0 Å². The Morgan fingerprint density at radius 3 is 2.93 bits per heavy atom. The van der Waals surface area contributed by atoms with Gasteiger partial charge in [0.2, 0.25) is 0 Å². The maximum absolute atomic E-state index is 10.9. The van der Waals surface area contributed by atoms with Crippen LogP contribution in [0.25, 0.3) is 0 Å². The molecule has 5 heteroatoms. The van der Waals surface area contributed by atoms with E-state index in [9.17, 15) is 4.79 Å². The summed E-state index contributed by atoms with van der Waals surface area (Å²) >= 11 is 5.75. The molecule has 0 bridgehead atoms. The van der Waals surface area contributed by atoms with E-state index in [4.69, 9.17) is 22.1 Å². The highest BCUT2D eigenvalue weighted by molar-refractivity contribution is 6.30. The zero-order chi connectivity index (χ0) is 11.3. The second-order valence-electron chi connectivity index (χ2n) is 2.90. The maximum Gasteiger partial charge on any atom is 0.326 e. The second-order valence-corrected chi connectivity index (χ2v) is 3.33. The van der Waals surface area contributed by atoms with Crippen LogP contribution in [-0.4, -0.2) is 25.7 Å². The average Bonchev–Trinajstić information content (AvgIpc) is 2.25. The van der Waals surface area contributed by atoms with E-state index in [1.165, 1.54) is 7.11 Å². The summed E-state index contributed by atoms with van der Waals surface area (Å²) in [6, 6.07) is 6.08. The first-order valence-electron chi connectivity index (χ1n) is 4.35. The molecule has 4 nitrogen and oxygen atoms in total. The first-order chi connectivity index (χ1) is 7.13. The lowest BCUT2D eigenvalue weighted by molar-refractivity contribution is -0.142. The molecular formula is C10H12ClNO3. The molecule has 0 aromatic heterocycles. The van der Waals surface area contributed by atoms with Crippen LogP contribution in [0.4, 0.5) is 0 Å². The van der Waals surface area contributed by atoms with Crippen molar-refractivity contribution in [2.24, 2.45) is 5.73 Å². The maximum atomic E-state index is 10.9. The number of hydrogen-bond acceptors (Lipinski definition) is 4. The number of hydrogen-bond donors (Lipinski definition) is 1. The minimum absolute atomic E-state index is 0.0625. The topological polar surface area (TPSA) is 61.5 Å². The summed E-state index contributed by atoms with van der Waals surface area (Å²) in [5.74, 6) is 0.0684. The van der Waals surface area contributed by atoms with Crippen LogP contribution in [0.3, 0.4) is 0 Å². The molecule has 1 rings (SSSR count). The van der Waals surface area contributed by atoms with E-state index >= 15 is 0 Å². The van der Waals surface area contributed by atoms with Gasteiger partial charge in [0, 0.05) is 5.02 Å². The summed E-state index contributed by atoms with van der Waals surface area (Å²) in [6.07, 6.45) is 0. The van der Waals surface area contributed by atoms with Gasteiger partial charge in [-0.3, -0.25) is 4.79 Å². The van der Waals surface area contributed by atoms with Crippen LogP contribution in [0.5, 0.6) is 5.75 Å². The standard InChI is InChI=1S/C10H12ClNO3/c1-14-10(13)9(12)6-15-8-4-2-3-7(11)5-8/h2-5,9H,6,12H2,1H3. The predicted octanol–water partition coefficient (Wildman–Crippen LogP) is 1.22. The summed E-state index contributed by atoms with van der Waals surface area (Å²) < 4.78 is 9.72. The smallest absolute Gasteiger partial charge is 0.326 e. The molecule has 0 aliphatic rings. The number of carbonyl (C=O) groups is 1. The van der Waals surface area contributed by atoms with Gasteiger partial charge < -0.3 is 15.2 Å². The van der Waals surface area contributed by atoms with Crippen molar-refractivity contribution in [3.63, 3.8) is 0 Å². The van der Waals surface area contributed by atoms with E-state index < -0.39 is 12.0 Å². The van der Waals surface area contributed by atoms with E-state index in [1.807, 2.05) is 0 Å². The molecule has 0 spiro atoms. The molecule has 0 amide bonds. The van der Waals surface area contributed by atoms with Crippen molar-refractivity contribution in [2.75, 3.05) is 13.7 Å². The van der Waals surface area contributed by atoms with Crippen molar-refractivity contribution in [3.05, 3.63) is 29.3 Å². The van der Waals surface area contributed by atoms with Gasteiger partial charge in [-0.15, -0.1) is 0 Å². The van der Waals surface area contributed by atoms with Crippen molar-refractivity contribution in [1.82, 2.24) is 0 Å². The average molecular weight is 230 g/mol. The van der Waals surface area contributed by atoms with Gasteiger partial charge in [-0.05, 0) is 18.2 Å². The summed E-state index contributed by atoms with van der Waals surface area (Å²) in [5, 5.41) is 0.569. The highest BCUT2D eigenvalue weighted by Crippen LogP contribution is 2.16. The lowest BCUT2D eigenvalue weighted by Crippen LogP contribution is -2.37. The molecule has 0 aliphatic heterocycles. The quantitative estimate of drug-likeness (QED) is 0.789. The van der Waals surface area contributed by atoms with Crippen LogP contribution in [-0.2, 0) is 9.53 Å². The summed E-state index contributed by atoms with van der Waals surface area (Å²) in [4.78, 5) is 10.9. The van der Waals surface area contributed by atoms with Gasteiger partial charge in [-0.2, -0.15) is 0 Å². The van der Waals surface area contributed by atoms with Crippen LogP contribution in [0.15, 0.2) is 24.3 Å². The van der Waals surface area contributed by atoms with Gasteiger partial charge in [0.1, 0.15) is 18.4 Å². The third-order valence-corrected chi connectivity index (χ3v) is 1.96. The van der Waals surface area contributed by atoms with Crippen molar-refractivity contribution in [3.8, 4) is 5.75 Å². The number of carbonyl (C=O) groups excluding carboxylic acids is 1. The highest BCUT2D eigenvalue weighted by atomic mass is 35.5. The zero-order valence-corrected chi connectivity index (χ0v) is 9.03. The number of halogens is 1. The minimum atomic E-state index is -0.783. The molecule has 1 atom stereocenters. The molecule has 0 heterocycles. The Bertz CT molecular complexity index is 343. The molecular weight excluding hydrogens is 218 g/mol. The highest BCUT2D eigenvalue weighted by Gasteiger charge is 2.14. The third-order valence-electron chi connectivity index (χ3n) is 1.73. The Hall–Kier alpha value is -1.26. The first kappa shape index (κ1) is 11.8. The Morgan fingerprint density at radius 2 is 2.33 bits per heavy atom. The van der Waals surface area contributed by atoms with Gasteiger partial charge in [-0.25, -0.2) is 0 Å². The molecule has 2 N–H and O–H groups in total. The number of ether oxygens (including phenoxy) is 2. The molecule has 0 saturated carbocycles. The normalized spacial score (nSPS) is 11.9. The van der Waals surface area contributed by atoms with Crippen molar-refractivity contribution >= 4 is 17.6 Å². The first-order valence-corrected chi connectivity index (χ1v) is 4.73. The largest absolute Gasteiger partial charge is 0.491 e. The van der Waals surface area contributed by atoms with E-state index in [-0.39, 0.29) is 6.61 Å². The van der Waals surface area contributed by atoms with Gasteiger partial charge in [-0.1, -0.05) is 17.7 Å². The van der Waals surface area contributed by atoms with Gasteiger partial charge in [0.25, 0.3) is 0 Å². The van der Waals surface area contributed by atoms with Gasteiger partial charge in [0.05, 0.1) is 7.11 Å². The van der Waals surface area contributed by atoms with Crippen molar-refractivity contribution < 1.29 is 14.3 Å². The van der Waals surface area contributed by atoms with Gasteiger partial charge in [0.15, 0.2) is 0 Å². The van der Waals surface area contributed by atoms with Crippen LogP contribution in [0.1, 0.15) is 0 Å². The number of nitrogens with two attached hydrogens (primary N) is 1. The Labute approximate surface area is 92.9 Å². The molecule has 0 fully saturated rings. The Balaban J connectivity index is 2.47. The van der Waals surface area contributed by atoms with E-state index in [0.29, 0.717) is 10.8 Å². The number of benzene rings is 1. The fraction of sp³-hybridized carbons (Fsp3) is 0.300. The second kappa shape index (κ2) is 5.58. The van der Waals surface area contributed by atoms with Crippen LogP contribution in [0.2, 0.25) is 5.02 Å². The Kier molecular flexibility index (Phi) is 4.39. The fourth-order valence-corrected chi connectivity index (χ4v) is 1.14. The zero-order valence-electron chi connectivity index (χ0n) is 8.27. The van der Waals surface area contributed by atoms with Crippen LogP contribution in [0, 0.1) is 0 Å². The lowest BCUT2D eigenvalue weighted by atomic mass is 10.3. The fourth-order valence-electron chi connectivity index (χ4n) is 0.962. The van der Waals surface area contributed by atoms with Crippen molar-refractivity contribution in [2.45, 2.75) is 6.04 Å². The molecule has 82 valence electrons. The SMILES string of the molecule is COC(=O)C(N)COc1cccc(Cl)c1. The molecule has 15 heavy (non-hydrogen) atoms. The predicted molar refractivity (Wildman–Crippen MR) is 56.9 cm³/mol. The van der Waals surface area contributed by atoms with E-state index in [1.54, 1.807) is 24.3 Å². The number of methoxy groups -OCH3 is 1. The summed E-state index contributed by atoms with van der Waals surface area (Å²) in [6.45, 7) is 0.0625. The molecule has 0 saturated heterocycles. The summed E-state index contributed by atoms with van der Waals surface area (Å²) in [5.41, 5.74) is 5.48. The van der Waals surface area contributed by atoms with Crippen molar-refractivity contribution in [1.29, 1.82) is 0 Å². The Morgan fingerprint density at radius 1 is 1.60 bits per heavy atom. The molecule has 1 unspecified atom stereocenters. The monoisotopic (exact) mass is 229 g/mol. The van der Waals surface area contributed by atoms with Gasteiger partial charge >= 0.3 is 5.97 Å². The molecule has 0 aliphatic carbocycles. The third kappa shape index (κ3) is 3.77. The van der Waals surface area contributed by atoms with Crippen LogP contribution < -0.4 is 10.5 Å². The summed E-state index contributed by atoms with van der Waals surface area (Å²) in [7, 11) is 1.28.